The molecule has 2 unspecified atom stereocenters. The third-order valence-electron chi connectivity index (χ3n) is 4.64. The highest BCUT2D eigenvalue weighted by molar-refractivity contribution is 5.99. The Morgan fingerprint density at radius 3 is 2.62 bits per heavy atom. The van der Waals surface area contributed by atoms with Crippen molar-refractivity contribution in [2.75, 3.05) is 13.1 Å². The van der Waals surface area contributed by atoms with Gasteiger partial charge >= 0.3 is 5.97 Å². The first-order valence-electron chi connectivity index (χ1n) is 7.81. The molecular formula is C15H24N2O4. The molecule has 1 heterocycles. The second kappa shape index (κ2) is 6.91. The molecule has 6 nitrogen and oxygen atoms in total. The third-order valence-corrected chi connectivity index (χ3v) is 4.64. The van der Waals surface area contributed by atoms with Crippen molar-refractivity contribution in [3.63, 3.8) is 0 Å². The molecule has 1 saturated heterocycles. The molecule has 0 radical (unpaired) electrons. The van der Waals surface area contributed by atoms with Crippen LogP contribution < -0.4 is 5.32 Å². The summed E-state index contributed by atoms with van der Waals surface area (Å²) in [7, 11) is 0. The molecule has 1 aliphatic heterocycles. The molecule has 2 amide bonds. The Morgan fingerprint density at radius 2 is 2.00 bits per heavy atom. The molecule has 0 aromatic heterocycles. The number of carbonyl (C=O) groups is 3. The number of piperazine rings is 1. The molecule has 0 spiro atoms. The van der Waals surface area contributed by atoms with Gasteiger partial charge in [0.05, 0.1) is 0 Å². The fourth-order valence-electron chi connectivity index (χ4n) is 3.31. The van der Waals surface area contributed by atoms with Crippen molar-refractivity contribution in [3.8, 4) is 0 Å². The minimum atomic E-state index is -1.14. The first kappa shape index (κ1) is 15.8. The van der Waals surface area contributed by atoms with Crippen molar-refractivity contribution in [1.82, 2.24) is 10.2 Å². The molecule has 2 atom stereocenters. The summed E-state index contributed by atoms with van der Waals surface area (Å²) in [6, 6.07) is -0.504. The number of nitrogens with one attached hydrogen (secondary N) is 1. The Kier molecular flexibility index (Phi) is 5.20. The zero-order valence-corrected chi connectivity index (χ0v) is 12.5. The van der Waals surface area contributed by atoms with Gasteiger partial charge in [-0.1, -0.05) is 32.1 Å². The summed E-state index contributed by atoms with van der Waals surface area (Å²) in [5.41, 5.74) is 0. The van der Waals surface area contributed by atoms with Crippen molar-refractivity contribution in [2.24, 2.45) is 11.8 Å². The Hall–Kier alpha value is -1.59. The fourth-order valence-corrected chi connectivity index (χ4v) is 3.31. The molecule has 0 aromatic rings. The average Bonchev–Trinajstić information content (AvgIpc) is 2.48. The Bertz CT molecular complexity index is 418. The third kappa shape index (κ3) is 3.74. The normalized spacial score (nSPS) is 25.3. The van der Waals surface area contributed by atoms with E-state index < -0.39 is 23.8 Å². The second-order valence-corrected chi connectivity index (χ2v) is 6.14. The van der Waals surface area contributed by atoms with E-state index in [1.54, 1.807) is 0 Å². The molecule has 1 aliphatic carbocycles. The highest BCUT2D eigenvalue weighted by atomic mass is 16.4. The van der Waals surface area contributed by atoms with Crippen LogP contribution in [-0.2, 0) is 14.4 Å². The van der Waals surface area contributed by atoms with E-state index in [1.165, 1.54) is 31.1 Å². The Labute approximate surface area is 124 Å². The van der Waals surface area contributed by atoms with Crippen molar-refractivity contribution in [1.29, 1.82) is 0 Å². The van der Waals surface area contributed by atoms with Gasteiger partial charge in [0.15, 0.2) is 0 Å². The van der Waals surface area contributed by atoms with Crippen LogP contribution >= 0.6 is 0 Å². The molecule has 21 heavy (non-hydrogen) atoms. The zero-order chi connectivity index (χ0) is 15.4. The average molecular weight is 296 g/mol. The van der Waals surface area contributed by atoms with Gasteiger partial charge in [-0.2, -0.15) is 0 Å². The maximum Gasteiger partial charge on any atom is 0.315 e. The van der Waals surface area contributed by atoms with Gasteiger partial charge in [0.25, 0.3) is 0 Å². The molecule has 2 N–H and O–H groups in total. The van der Waals surface area contributed by atoms with Gasteiger partial charge in [0, 0.05) is 13.1 Å². The number of carbonyl (C=O) groups excluding carboxylic acids is 2. The first-order chi connectivity index (χ1) is 10.0. The van der Waals surface area contributed by atoms with E-state index >= 15 is 0 Å². The van der Waals surface area contributed by atoms with E-state index in [9.17, 15) is 14.4 Å². The van der Waals surface area contributed by atoms with E-state index in [1.807, 2.05) is 0 Å². The van der Waals surface area contributed by atoms with Crippen LogP contribution in [0.5, 0.6) is 0 Å². The minimum Gasteiger partial charge on any atom is -0.481 e. The lowest BCUT2D eigenvalue weighted by Gasteiger charge is -2.38. The predicted molar refractivity (Wildman–Crippen MR) is 76.5 cm³/mol. The predicted octanol–water partition coefficient (Wildman–Crippen LogP) is 1.00. The lowest BCUT2D eigenvalue weighted by Crippen LogP contribution is -2.59. The number of nitrogens with zero attached hydrogens (tertiary/aromatic N) is 1. The van der Waals surface area contributed by atoms with Gasteiger partial charge in [0.2, 0.25) is 11.8 Å². The van der Waals surface area contributed by atoms with Crippen LogP contribution in [0, 0.1) is 11.8 Å². The SMILES string of the molecule is CC(C(=O)O)C(=O)N1CCNC(=O)C1CC1CCCCC1. The van der Waals surface area contributed by atoms with Crippen molar-refractivity contribution < 1.29 is 19.5 Å². The molecule has 0 aromatic carbocycles. The van der Waals surface area contributed by atoms with Gasteiger partial charge in [0.1, 0.15) is 12.0 Å². The summed E-state index contributed by atoms with van der Waals surface area (Å²) >= 11 is 0. The highest BCUT2D eigenvalue weighted by Crippen LogP contribution is 2.29. The zero-order valence-electron chi connectivity index (χ0n) is 12.5. The van der Waals surface area contributed by atoms with E-state index in [-0.39, 0.29) is 5.91 Å². The van der Waals surface area contributed by atoms with Crippen LogP contribution in [0.3, 0.4) is 0 Å². The molecule has 1 saturated carbocycles. The molecular weight excluding hydrogens is 272 g/mol. The van der Waals surface area contributed by atoms with Crippen LogP contribution in [0.25, 0.3) is 0 Å². The number of hydrogen-bond donors (Lipinski definition) is 2. The summed E-state index contributed by atoms with van der Waals surface area (Å²) in [6.07, 6.45) is 6.45. The lowest BCUT2D eigenvalue weighted by atomic mass is 9.84. The number of aliphatic carboxylic acids is 1. The molecule has 6 heteroatoms. The Morgan fingerprint density at radius 1 is 1.33 bits per heavy atom. The summed E-state index contributed by atoms with van der Waals surface area (Å²) in [5.74, 6) is -2.36. The number of rotatable bonds is 4. The van der Waals surface area contributed by atoms with Crippen LogP contribution in [0.15, 0.2) is 0 Å². The highest BCUT2D eigenvalue weighted by Gasteiger charge is 2.38. The smallest absolute Gasteiger partial charge is 0.315 e. The van der Waals surface area contributed by atoms with Crippen LogP contribution in [0.1, 0.15) is 45.4 Å². The van der Waals surface area contributed by atoms with Crippen LogP contribution in [-0.4, -0.2) is 46.9 Å². The maximum atomic E-state index is 12.3. The minimum absolute atomic E-state index is 0.141. The van der Waals surface area contributed by atoms with Crippen molar-refractivity contribution >= 4 is 17.8 Å². The van der Waals surface area contributed by atoms with E-state index in [0.29, 0.717) is 25.4 Å². The van der Waals surface area contributed by atoms with Gasteiger partial charge < -0.3 is 15.3 Å². The molecule has 118 valence electrons. The van der Waals surface area contributed by atoms with Crippen molar-refractivity contribution in [2.45, 2.75) is 51.5 Å². The molecule has 0 bridgehead atoms. The van der Waals surface area contributed by atoms with Gasteiger partial charge in [-0.3, -0.25) is 14.4 Å². The topological polar surface area (TPSA) is 86.7 Å². The summed E-state index contributed by atoms with van der Waals surface area (Å²) < 4.78 is 0. The summed E-state index contributed by atoms with van der Waals surface area (Å²) in [4.78, 5) is 36.9. The van der Waals surface area contributed by atoms with Crippen molar-refractivity contribution in [3.05, 3.63) is 0 Å². The van der Waals surface area contributed by atoms with E-state index in [4.69, 9.17) is 5.11 Å². The quantitative estimate of drug-likeness (QED) is 0.758. The molecule has 2 rings (SSSR count). The second-order valence-electron chi connectivity index (χ2n) is 6.14. The summed E-state index contributed by atoms with van der Waals surface area (Å²) in [5, 5.41) is 11.8. The Balaban J connectivity index is 2.07. The monoisotopic (exact) mass is 296 g/mol. The largest absolute Gasteiger partial charge is 0.481 e. The lowest BCUT2D eigenvalue weighted by molar-refractivity contribution is -0.155. The van der Waals surface area contributed by atoms with Gasteiger partial charge in [-0.25, -0.2) is 0 Å². The molecule has 2 aliphatic rings. The fraction of sp³-hybridized carbons (Fsp3) is 0.800. The number of carboxylic acid groups (broad SMARTS) is 1. The van der Waals surface area contributed by atoms with Crippen LogP contribution in [0.4, 0.5) is 0 Å². The number of hydrogen-bond acceptors (Lipinski definition) is 3. The first-order valence-corrected chi connectivity index (χ1v) is 7.81. The van der Waals surface area contributed by atoms with Gasteiger partial charge in [-0.05, 0) is 19.3 Å². The van der Waals surface area contributed by atoms with E-state index in [0.717, 1.165) is 12.8 Å². The van der Waals surface area contributed by atoms with E-state index in [2.05, 4.69) is 5.32 Å². The van der Waals surface area contributed by atoms with Gasteiger partial charge in [-0.15, -0.1) is 0 Å². The molecule has 2 fully saturated rings. The maximum absolute atomic E-state index is 12.3. The van der Waals surface area contributed by atoms with Crippen LogP contribution in [0.2, 0.25) is 0 Å². The number of amides is 2. The summed E-state index contributed by atoms with van der Waals surface area (Å²) in [6.45, 7) is 2.19. The standard InChI is InChI=1S/C15H24N2O4/c1-10(15(20)21)14(19)17-8-7-16-13(18)12(17)9-11-5-3-2-4-6-11/h10-12H,2-9H2,1H3,(H,16,18)(H,20,21). The number of carboxylic acids is 1.